The van der Waals surface area contributed by atoms with Crippen LogP contribution in [-0.2, 0) is 17.8 Å². The van der Waals surface area contributed by atoms with E-state index in [0.29, 0.717) is 33.2 Å². The number of carboxylic acid groups (broad SMARTS) is 1. The second kappa shape index (κ2) is 11.9. The maximum absolute atomic E-state index is 12.6. The summed E-state index contributed by atoms with van der Waals surface area (Å²) in [5.41, 5.74) is 3.78. The number of nitrogens with zero attached hydrogens (tertiary/aromatic N) is 1. The number of nitriles is 1. The van der Waals surface area contributed by atoms with E-state index in [1.807, 2.05) is 36.5 Å². The highest BCUT2D eigenvalue weighted by Crippen LogP contribution is 2.36. The number of ether oxygens (including phenoxy) is 1. The van der Waals surface area contributed by atoms with Crippen molar-refractivity contribution in [2.24, 2.45) is 0 Å². The van der Waals surface area contributed by atoms with E-state index >= 15 is 0 Å². The van der Waals surface area contributed by atoms with Crippen LogP contribution in [0.4, 0.5) is 0 Å². The van der Waals surface area contributed by atoms with Gasteiger partial charge in [-0.05, 0) is 91.4 Å². The number of aromatic carboxylic acids is 1. The Balaban J connectivity index is 1.39. The van der Waals surface area contributed by atoms with Gasteiger partial charge in [-0.15, -0.1) is 0 Å². The molecular weight excluding hydrogens is 602 g/mol. The Bertz CT molecular complexity index is 1510. The van der Waals surface area contributed by atoms with Gasteiger partial charge in [0.1, 0.15) is 24.0 Å². The molecule has 1 heterocycles. The smallest absolute Gasteiger partial charge is 0.335 e. The number of rotatable bonds is 9. The summed E-state index contributed by atoms with van der Waals surface area (Å²) >= 11 is 6.97. The summed E-state index contributed by atoms with van der Waals surface area (Å²) in [4.78, 5) is 26.9. The summed E-state index contributed by atoms with van der Waals surface area (Å²) in [5.74, 6) is -0.887. The fourth-order valence-corrected chi connectivity index (χ4v) is 5.21. The van der Waals surface area contributed by atoms with Crippen molar-refractivity contribution in [2.45, 2.75) is 13.0 Å². The fourth-order valence-electron chi connectivity index (χ4n) is 3.76. The number of H-pyrrole nitrogens is 1. The Morgan fingerprint density at radius 2 is 1.78 bits per heavy atom. The third kappa shape index (κ3) is 6.47. The predicted octanol–water partition coefficient (Wildman–Crippen LogP) is 6.24. The highest BCUT2D eigenvalue weighted by Gasteiger charge is 2.13. The Kier molecular flexibility index (Phi) is 8.43. The lowest BCUT2D eigenvalue weighted by Crippen LogP contribution is -2.26. The number of fused-ring (bicyclic) bond motifs is 1. The zero-order valence-electron chi connectivity index (χ0n) is 19.4. The molecule has 0 radical (unpaired) electrons. The van der Waals surface area contributed by atoms with Gasteiger partial charge in [-0.1, -0.05) is 30.3 Å². The van der Waals surface area contributed by atoms with Crippen molar-refractivity contribution >= 4 is 60.7 Å². The first-order valence-electron chi connectivity index (χ1n) is 11.2. The van der Waals surface area contributed by atoms with E-state index < -0.39 is 11.9 Å². The molecule has 37 heavy (non-hydrogen) atoms. The monoisotopic (exact) mass is 621 g/mol. The Labute approximate surface area is 230 Å². The lowest BCUT2D eigenvalue weighted by Gasteiger charge is -2.12. The summed E-state index contributed by atoms with van der Waals surface area (Å²) < 4.78 is 7.16. The maximum atomic E-state index is 12.6. The van der Waals surface area contributed by atoms with E-state index in [9.17, 15) is 14.9 Å². The molecule has 0 saturated heterocycles. The minimum atomic E-state index is -0.985. The molecule has 4 rings (SSSR count). The number of nitrogens with one attached hydrogen (secondary N) is 2. The molecule has 4 aromatic rings. The van der Waals surface area contributed by atoms with Crippen molar-refractivity contribution < 1.29 is 19.4 Å². The minimum absolute atomic E-state index is 0.00934. The van der Waals surface area contributed by atoms with Gasteiger partial charge < -0.3 is 20.1 Å². The number of para-hydroxylation sites is 1. The van der Waals surface area contributed by atoms with Gasteiger partial charge in [-0.3, -0.25) is 4.79 Å². The quantitative estimate of drug-likeness (QED) is 0.151. The standard InChI is InChI=1S/C28H21Br2N3O4/c29-23-12-18(13-24(30)26(23)37-16-17-5-7-19(8-6-17)28(35)36)11-21(14-31)27(34)32-10-9-20-15-33-25-4-2-1-3-22(20)25/h1-8,11-13,15,33H,9-10,16H2,(H,32,34)(H,35,36)/b21-11-. The van der Waals surface area contributed by atoms with Crippen molar-refractivity contribution in [3.05, 3.63) is 104 Å². The zero-order valence-corrected chi connectivity index (χ0v) is 22.6. The summed E-state index contributed by atoms with van der Waals surface area (Å²) in [6.45, 7) is 0.627. The van der Waals surface area contributed by atoms with E-state index in [1.54, 1.807) is 24.3 Å². The summed E-state index contributed by atoms with van der Waals surface area (Å²) in [6.07, 6.45) is 4.09. The summed E-state index contributed by atoms with van der Waals surface area (Å²) in [6, 6.07) is 19.9. The lowest BCUT2D eigenvalue weighted by atomic mass is 10.1. The molecule has 186 valence electrons. The highest BCUT2D eigenvalue weighted by molar-refractivity contribution is 9.11. The summed E-state index contributed by atoms with van der Waals surface area (Å²) in [7, 11) is 0. The molecular formula is C28H21Br2N3O4. The van der Waals surface area contributed by atoms with Gasteiger partial charge in [0.2, 0.25) is 0 Å². The number of carbonyl (C=O) groups is 2. The molecule has 0 aliphatic heterocycles. The number of aromatic nitrogens is 1. The molecule has 1 amide bonds. The molecule has 0 spiro atoms. The Hall–Kier alpha value is -3.87. The normalized spacial score (nSPS) is 11.2. The van der Waals surface area contributed by atoms with Crippen LogP contribution < -0.4 is 10.1 Å². The predicted molar refractivity (Wildman–Crippen MR) is 148 cm³/mol. The van der Waals surface area contributed by atoms with E-state index in [4.69, 9.17) is 9.84 Å². The minimum Gasteiger partial charge on any atom is -0.487 e. The molecule has 9 heteroatoms. The topological polar surface area (TPSA) is 115 Å². The van der Waals surface area contributed by atoms with Crippen molar-refractivity contribution in [2.75, 3.05) is 6.54 Å². The van der Waals surface area contributed by atoms with E-state index in [-0.39, 0.29) is 17.7 Å². The second-order valence-electron chi connectivity index (χ2n) is 8.14. The molecule has 0 aliphatic carbocycles. The number of benzene rings is 3. The maximum Gasteiger partial charge on any atom is 0.335 e. The first kappa shape index (κ1) is 26.2. The van der Waals surface area contributed by atoms with Gasteiger partial charge in [0.15, 0.2) is 0 Å². The van der Waals surface area contributed by atoms with Crippen LogP contribution >= 0.6 is 31.9 Å². The zero-order chi connectivity index (χ0) is 26.4. The van der Waals surface area contributed by atoms with E-state index in [1.165, 1.54) is 18.2 Å². The largest absolute Gasteiger partial charge is 0.487 e. The van der Waals surface area contributed by atoms with Crippen LogP contribution in [0.25, 0.3) is 17.0 Å². The van der Waals surface area contributed by atoms with Gasteiger partial charge >= 0.3 is 5.97 Å². The van der Waals surface area contributed by atoms with Crippen LogP contribution in [0.5, 0.6) is 5.75 Å². The van der Waals surface area contributed by atoms with Crippen molar-refractivity contribution in [3.63, 3.8) is 0 Å². The average Bonchev–Trinajstić information content (AvgIpc) is 3.30. The highest BCUT2D eigenvalue weighted by atomic mass is 79.9. The number of hydrogen-bond acceptors (Lipinski definition) is 4. The Morgan fingerprint density at radius 3 is 2.46 bits per heavy atom. The van der Waals surface area contributed by atoms with Crippen molar-refractivity contribution in [3.8, 4) is 11.8 Å². The Morgan fingerprint density at radius 1 is 1.08 bits per heavy atom. The molecule has 7 nitrogen and oxygen atoms in total. The fraction of sp³-hybridized carbons (Fsp3) is 0.107. The van der Waals surface area contributed by atoms with Crippen LogP contribution in [0.3, 0.4) is 0 Å². The van der Waals surface area contributed by atoms with Crippen LogP contribution in [0.1, 0.15) is 27.0 Å². The molecule has 0 unspecified atom stereocenters. The number of carboxylic acids is 1. The third-order valence-electron chi connectivity index (χ3n) is 5.64. The number of carbonyl (C=O) groups excluding carboxylic acids is 1. The molecule has 3 N–H and O–H groups in total. The first-order chi connectivity index (χ1) is 17.9. The average molecular weight is 623 g/mol. The summed E-state index contributed by atoms with van der Waals surface area (Å²) in [5, 5.41) is 22.5. The number of hydrogen-bond donors (Lipinski definition) is 3. The van der Waals surface area contributed by atoms with Crippen molar-refractivity contribution in [1.82, 2.24) is 10.3 Å². The van der Waals surface area contributed by atoms with Gasteiger partial charge in [0.05, 0.1) is 14.5 Å². The third-order valence-corrected chi connectivity index (χ3v) is 6.81. The van der Waals surface area contributed by atoms with Crippen molar-refractivity contribution in [1.29, 1.82) is 5.26 Å². The van der Waals surface area contributed by atoms with E-state index in [0.717, 1.165) is 22.0 Å². The molecule has 0 fully saturated rings. The van der Waals surface area contributed by atoms with E-state index in [2.05, 4.69) is 42.2 Å². The van der Waals surface area contributed by atoms with Gasteiger partial charge in [0.25, 0.3) is 5.91 Å². The van der Waals surface area contributed by atoms with Crippen LogP contribution in [0.15, 0.2) is 81.4 Å². The molecule has 0 saturated carbocycles. The SMILES string of the molecule is N#C/C(=C/c1cc(Br)c(OCc2ccc(C(=O)O)cc2)c(Br)c1)C(=O)NCCc1c[nH]c2ccccc12. The molecule has 0 bridgehead atoms. The number of halogens is 2. The van der Waals surface area contributed by atoms with Crippen LogP contribution in [0.2, 0.25) is 0 Å². The van der Waals surface area contributed by atoms with Crippen LogP contribution in [-0.4, -0.2) is 28.5 Å². The molecule has 0 aliphatic rings. The lowest BCUT2D eigenvalue weighted by molar-refractivity contribution is -0.117. The van der Waals surface area contributed by atoms with Crippen LogP contribution in [0, 0.1) is 11.3 Å². The van der Waals surface area contributed by atoms with Gasteiger partial charge in [-0.2, -0.15) is 5.26 Å². The molecule has 3 aromatic carbocycles. The number of aromatic amines is 1. The first-order valence-corrected chi connectivity index (χ1v) is 12.8. The second-order valence-corrected chi connectivity index (χ2v) is 9.85. The van der Waals surface area contributed by atoms with Gasteiger partial charge in [0, 0.05) is 23.6 Å². The number of amides is 1. The van der Waals surface area contributed by atoms with Gasteiger partial charge in [-0.25, -0.2) is 4.79 Å². The molecule has 0 atom stereocenters. The molecule has 1 aromatic heterocycles.